The van der Waals surface area contributed by atoms with Gasteiger partial charge in [-0.2, -0.15) is 5.48 Å². The summed E-state index contributed by atoms with van der Waals surface area (Å²) in [6.07, 6.45) is 1.20. The zero-order valence-corrected chi connectivity index (χ0v) is 29.7. The van der Waals surface area contributed by atoms with E-state index in [1.54, 1.807) is 52.9 Å². The number of nitrogens with one attached hydrogen (secondary N) is 7. The second kappa shape index (κ2) is 18.5. The Hall–Kier alpha value is -5.73. The van der Waals surface area contributed by atoms with E-state index in [1.165, 1.54) is 12.1 Å². The number of amides is 2. The molecule has 20 heteroatoms. The predicted molar refractivity (Wildman–Crippen MR) is 190 cm³/mol. The summed E-state index contributed by atoms with van der Waals surface area (Å²) in [5.41, 5.74) is 8.89. The van der Waals surface area contributed by atoms with E-state index < -0.39 is 40.5 Å². The van der Waals surface area contributed by atoms with E-state index >= 15 is 0 Å². The maximum atomic E-state index is 13.1. The van der Waals surface area contributed by atoms with E-state index in [2.05, 4.69) is 57.0 Å². The van der Waals surface area contributed by atoms with Gasteiger partial charge < -0.3 is 42.5 Å². The molecular formula is C32H47N12O8+. The van der Waals surface area contributed by atoms with E-state index in [0.717, 1.165) is 0 Å². The summed E-state index contributed by atoms with van der Waals surface area (Å²) in [6.45, 7) is 9.65. The first kappa shape index (κ1) is 40.7. The molecule has 3 aromatic rings. The second-order valence-corrected chi connectivity index (χ2v) is 12.8. The van der Waals surface area contributed by atoms with Gasteiger partial charge in [-0.1, -0.05) is 10.3 Å². The van der Waals surface area contributed by atoms with Crippen molar-refractivity contribution in [2.75, 3.05) is 30.7 Å². The molecule has 12 N–H and O–H groups in total. The fourth-order valence-electron chi connectivity index (χ4n) is 4.68. The third kappa shape index (κ3) is 12.0. The van der Waals surface area contributed by atoms with Gasteiger partial charge in [0.15, 0.2) is 0 Å². The first-order valence-corrected chi connectivity index (χ1v) is 16.3. The van der Waals surface area contributed by atoms with Crippen molar-refractivity contribution in [2.24, 2.45) is 10.3 Å². The number of benzene rings is 1. The minimum Gasteiger partial charge on any atom is -0.481 e. The van der Waals surface area contributed by atoms with E-state index in [-0.39, 0.29) is 61.6 Å². The van der Waals surface area contributed by atoms with Crippen LogP contribution in [-0.2, 0) is 21.0 Å². The number of carbonyl (C=O) groups excluding carboxylic acids is 2. The van der Waals surface area contributed by atoms with Crippen LogP contribution in [0.2, 0.25) is 0 Å². The molecule has 0 saturated carbocycles. The molecule has 0 aliphatic heterocycles. The van der Waals surface area contributed by atoms with Gasteiger partial charge in [0.05, 0.1) is 41.3 Å². The van der Waals surface area contributed by atoms with Crippen LogP contribution in [0.4, 0.5) is 11.6 Å². The number of hydrogen-bond donors (Lipinski definition) is 10. The van der Waals surface area contributed by atoms with Crippen LogP contribution in [0.25, 0.3) is 11.2 Å². The Kier molecular flexibility index (Phi) is 14.5. The van der Waals surface area contributed by atoms with Crippen molar-refractivity contribution in [2.45, 2.75) is 77.5 Å². The number of aromatic nitrogens is 4. The lowest BCUT2D eigenvalue weighted by molar-refractivity contribution is -0.349. The van der Waals surface area contributed by atoms with Crippen molar-refractivity contribution in [1.29, 1.82) is 0 Å². The Balaban J connectivity index is 1.52. The Morgan fingerprint density at radius 2 is 1.75 bits per heavy atom. The van der Waals surface area contributed by atoms with E-state index in [1.807, 2.05) is 0 Å². The Labute approximate surface area is 298 Å². The zero-order valence-electron chi connectivity index (χ0n) is 29.7. The SMILES string of the molecule is CC(=NO)C(C)(C)NOCCNC(C)(C)C(CCNC(=O)C(CCC(=O)O)NC(=O)c1ccc(NCc2c[nH+]c3nc(N)[nH]c(=O)c3n2)cc1)=NO. The molecule has 0 aliphatic rings. The Morgan fingerprint density at radius 1 is 1.04 bits per heavy atom. The van der Waals surface area contributed by atoms with Gasteiger partial charge in [-0.15, -0.1) is 0 Å². The van der Waals surface area contributed by atoms with Crippen LogP contribution in [0.1, 0.15) is 69.9 Å². The molecule has 2 heterocycles. The summed E-state index contributed by atoms with van der Waals surface area (Å²) < 4.78 is 0. The van der Waals surface area contributed by atoms with E-state index in [9.17, 15) is 29.5 Å². The average molecular weight is 728 g/mol. The molecule has 0 saturated heterocycles. The number of H-pyrrole nitrogens is 2. The number of hydrogen-bond acceptors (Lipinski definition) is 15. The lowest BCUT2D eigenvalue weighted by Gasteiger charge is -2.28. The summed E-state index contributed by atoms with van der Waals surface area (Å²) in [6, 6.07) is 5.20. The molecule has 3 rings (SSSR count). The molecule has 0 spiro atoms. The Bertz CT molecular complexity index is 1830. The molecule has 2 amide bonds. The molecule has 0 aliphatic carbocycles. The van der Waals surface area contributed by atoms with Gasteiger partial charge in [-0.25, -0.2) is 9.97 Å². The second-order valence-electron chi connectivity index (χ2n) is 12.8. The lowest BCUT2D eigenvalue weighted by Crippen LogP contribution is -2.51. The first-order chi connectivity index (χ1) is 24.6. The number of carboxylic acids is 1. The third-order valence-electron chi connectivity index (χ3n) is 8.09. The van der Waals surface area contributed by atoms with Crippen LogP contribution >= 0.6 is 0 Å². The molecule has 2 aromatic heterocycles. The number of hydroxylamine groups is 1. The number of anilines is 2. The molecule has 0 radical (unpaired) electrons. The number of nitrogens with two attached hydrogens (primary N) is 1. The number of oxime groups is 2. The van der Waals surface area contributed by atoms with Gasteiger partial charge in [0.25, 0.3) is 11.5 Å². The molecule has 0 bridgehead atoms. The van der Waals surface area contributed by atoms with Gasteiger partial charge in [-0.3, -0.25) is 29.0 Å². The van der Waals surface area contributed by atoms with Gasteiger partial charge in [-0.05, 0) is 70.3 Å². The first-order valence-electron chi connectivity index (χ1n) is 16.3. The number of fused-ring (bicyclic) bond motifs is 1. The third-order valence-corrected chi connectivity index (χ3v) is 8.09. The van der Waals surface area contributed by atoms with Crippen LogP contribution < -0.4 is 43.0 Å². The summed E-state index contributed by atoms with van der Waals surface area (Å²) in [4.78, 5) is 68.6. The highest BCUT2D eigenvalue weighted by atomic mass is 16.6. The highest BCUT2D eigenvalue weighted by Crippen LogP contribution is 2.13. The fourth-order valence-corrected chi connectivity index (χ4v) is 4.68. The van der Waals surface area contributed by atoms with Crippen molar-refractivity contribution < 1.29 is 39.7 Å². The monoisotopic (exact) mass is 727 g/mol. The van der Waals surface area contributed by atoms with Gasteiger partial charge in [0, 0.05) is 37.2 Å². The topological polar surface area (TPSA) is 305 Å². The molecule has 20 nitrogen and oxygen atoms in total. The molecule has 1 aromatic carbocycles. The quantitative estimate of drug-likeness (QED) is 0.0321. The number of aromatic amines is 2. The molecular weight excluding hydrogens is 680 g/mol. The number of carboxylic acid groups (broad SMARTS) is 1. The van der Waals surface area contributed by atoms with Gasteiger partial charge in [0.1, 0.15) is 12.2 Å². The van der Waals surface area contributed by atoms with Crippen molar-refractivity contribution >= 4 is 52.0 Å². The molecule has 52 heavy (non-hydrogen) atoms. The number of rotatable bonds is 20. The molecule has 282 valence electrons. The van der Waals surface area contributed by atoms with Gasteiger partial charge >= 0.3 is 17.6 Å². The molecule has 0 fully saturated rings. The summed E-state index contributed by atoms with van der Waals surface area (Å²) in [5.74, 6) is -2.35. The summed E-state index contributed by atoms with van der Waals surface area (Å²) in [5, 5.41) is 46.1. The van der Waals surface area contributed by atoms with E-state index in [4.69, 9.17) is 15.8 Å². The van der Waals surface area contributed by atoms with Crippen molar-refractivity contribution in [1.82, 2.24) is 36.4 Å². The molecule has 1 unspecified atom stereocenters. The van der Waals surface area contributed by atoms with Gasteiger partial charge in [0.2, 0.25) is 11.4 Å². The standard InChI is InChI=1S/C32H46N12O8/c1-18(42-50)31(2,3)44-52-15-14-37-32(4,5)23(43-51)12-13-34-28(48)22(10-11-24(45)46)39-27(47)19-6-8-20(9-7-19)35-16-21-17-36-26-25(38-21)29(49)41-30(33)40-26/h6-9,17,22,35,37,44,50-51H,10-16H2,1-5H3,(H,34,48)(H,39,47)(H,45,46)(H3,33,36,40,41,49)/p+1. The predicted octanol–water partition coefficient (Wildman–Crippen LogP) is 0.144. The van der Waals surface area contributed by atoms with Crippen LogP contribution in [0.15, 0.2) is 45.6 Å². The molecule has 1 atom stereocenters. The summed E-state index contributed by atoms with van der Waals surface area (Å²) in [7, 11) is 0. The summed E-state index contributed by atoms with van der Waals surface area (Å²) >= 11 is 0. The van der Waals surface area contributed by atoms with Crippen LogP contribution in [0, 0.1) is 0 Å². The van der Waals surface area contributed by atoms with Crippen molar-refractivity contribution in [3.05, 3.63) is 52.1 Å². The average Bonchev–Trinajstić information content (AvgIpc) is 3.10. The van der Waals surface area contributed by atoms with Crippen molar-refractivity contribution in [3.63, 3.8) is 0 Å². The smallest absolute Gasteiger partial charge is 0.356 e. The zero-order chi connectivity index (χ0) is 38.5. The maximum absolute atomic E-state index is 13.1. The highest BCUT2D eigenvalue weighted by Gasteiger charge is 2.27. The normalized spacial score (nSPS) is 13.1. The maximum Gasteiger partial charge on any atom is 0.356 e. The minimum atomic E-state index is -1.15. The lowest BCUT2D eigenvalue weighted by atomic mass is 9.95. The van der Waals surface area contributed by atoms with Crippen LogP contribution in [0.3, 0.4) is 0 Å². The van der Waals surface area contributed by atoms with Crippen LogP contribution in [0.5, 0.6) is 0 Å². The highest BCUT2D eigenvalue weighted by molar-refractivity contribution is 5.98. The van der Waals surface area contributed by atoms with Crippen LogP contribution in [-0.4, -0.2) is 96.5 Å². The van der Waals surface area contributed by atoms with E-state index in [0.29, 0.717) is 29.3 Å². The number of nitrogen functional groups attached to an aromatic ring is 1. The number of nitrogens with zero attached hydrogens (tertiary/aromatic N) is 4. The Morgan fingerprint density at radius 3 is 2.40 bits per heavy atom. The number of aliphatic carboxylic acids is 1. The number of carbonyl (C=O) groups is 3. The van der Waals surface area contributed by atoms with Crippen molar-refractivity contribution in [3.8, 4) is 0 Å². The largest absolute Gasteiger partial charge is 0.481 e. The minimum absolute atomic E-state index is 0.0329. The fraction of sp³-hybridized carbons (Fsp3) is 0.469.